The van der Waals surface area contributed by atoms with Crippen molar-refractivity contribution in [2.75, 3.05) is 6.61 Å². The molecule has 1 aromatic rings. The van der Waals surface area contributed by atoms with Crippen molar-refractivity contribution in [1.29, 1.82) is 0 Å². The molecule has 1 aliphatic rings. The van der Waals surface area contributed by atoms with E-state index in [1.807, 2.05) is 18.2 Å². The summed E-state index contributed by atoms with van der Waals surface area (Å²) < 4.78 is 14.1. The van der Waals surface area contributed by atoms with Crippen LogP contribution in [0.1, 0.15) is 6.42 Å². The number of hydrogen-bond acceptors (Lipinski definition) is 2. The molecule has 2 nitrogen and oxygen atoms in total. The fourth-order valence-electron chi connectivity index (χ4n) is 1.50. The molecule has 0 bridgehead atoms. The van der Waals surface area contributed by atoms with Crippen LogP contribution in [0.5, 0.6) is 5.75 Å². The molecule has 1 saturated heterocycles. The largest absolute Gasteiger partial charge is 0.485 e. The van der Waals surface area contributed by atoms with Crippen LogP contribution in [0.25, 0.3) is 0 Å². The second-order valence-electron chi connectivity index (χ2n) is 3.75. The molecule has 2 atom stereocenters. The highest BCUT2D eigenvalue weighted by Gasteiger charge is 2.34. The fraction of sp³-hybridized carbons (Fsp3) is 0.333. The average Bonchev–Trinajstić information content (AvgIpc) is 3.05. The Bertz CT molecular complexity index is 407. The summed E-state index contributed by atoms with van der Waals surface area (Å²) in [7, 11) is 0. The maximum atomic E-state index is 5.98. The van der Waals surface area contributed by atoms with E-state index in [1.54, 1.807) is 0 Å². The lowest BCUT2D eigenvalue weighted by molar-refractivity contribution is 0.160. The SMILES string of the molecule is C=CCC(Oc1c(Br)cc(Br)cc1Br)C1CO1. The summed E-state index contributed by atoms with van der Waals surface area (Å²) in [5, 5.41) is 0. The van der Waals surface area contributed by atoms with Crippen LogP contribution in [0.3, 0.4) is 0 Å². The summed E-state index contributed by atoms with van der Waals surface area (Å²) >= 11 is 10.4. The number of ether oxygens (including phenoxy) is 2. The molecule has 0 saturated carbocycles. The van der Waals surface area contributed by atoms with Gasteiger partial charge in [0.2, 0.25) is 0 Å². The van der Waals surface area contributed by atoms with Crippen molar-refractivity contribution in [2.24, 2.45) is 0 Å². The monoisotopic (exact) mass is 424 g/mol. The Balaban J connectivity index is 2.18. The Hall–Kier alpha value is 0.160. The third-order valence-electron chi connectivity index (χ3n) is 2.41. The normalized spacial score (nSPS) is 19.8. The zero-order valence-electron chi connectivity index (χ0n) is 8.96. The molecule has 0 aliphatic carbocycles. The Morgan fingerprint density at radius 2 is 2.00 bits per heavy atom. The number of benzene rings is 1. The summed E-state index contributed by atoms with van der Waals surface area (Å²) in [4.78, 5) is 0. The third kappa shape index (κ3) is 3.56. The van der Waals surface area contributed by atoms with E-state index in [1.165, 1.54) is 0 Å². The maximum absolute atomic E-state index is 5.98. The first-order valence-corrected chi connectivity index (χ1v) is 7.53. The van der Waals surface area contributed by atoms with E-state index in [2.05, 4.69) is 54.4 Å². The first-order chi connectivity index (χ1) is 8.11. The molecule has 1 heterocycles. The highest BCUT2D eigenvalue weighted by Crippen LogP contribution is 2.38. The molecule has 0 radical (unpaired) electrons. The van der Waals surface area contributed by atoms with Gasteiger partial charge >= 0.3 is 0 Å². The van der Waals surface area contributed by atoms with E-state index < -0.39 is 0 Å². The molecule has 92 valence electrons. The van der Waals surface area contributed by atoms with Crippen molar-refractivity contribution >= 4 is 47.8 Å². The molecular formula is C12H11Br3O2. The second kappa shape index (κ2) is 5.87. The number of halogens is 3. The standard InChI is InChI=1S/C12H11Br3O2/c1-2-3-10(11-6-16-11)17-12-8(14)4-7(13)5-9(12)15/h2,4-5,10-11H,1,3,6H2. The van der Waals surface area contributed by atoms with Crippen molar-refractivity contribution in [3.8, 4) is 5.75 Å². The molecule has 0 amide bonds. The van der Waals surface area contributed by atoms with Crippen molar-refractivity contribution in [3.63, 3.8) is 0 Å². The molecular weight excluding hydrogens is 416 g/mol. The molecule has 0 aromatic heterocycles. The summed E-state index contributed by atoms with van der Waals surface area (Å²) in [6, 6.07) is 3.91. The minimum absolute atomic E-state index is 0.0290. The average molecular weight is 427 g/mol. The molecule has 1 fully saturated rings. The molecule has 1 aromatic carbocycles. The van der Waals surface area contributed by atoms with E-state index in [4.69, 9.17) is 9.47 Å². The molecule has 17 heavy (non-hydrogen) atoms. The van der Waals surface area contributed by atoms with Crippen LogP contribution in [0.4, 0.5) is 0 Å². The Labute approximate surface area is 126 Å². The molecule has 5 heteroatoms. The Kier molecular flexibility index (Phi) is 4.69. The van der Waals surface area contributed by atoms with Gasteiger partial charge in [-0.3, -0.25) is 0 Å². The first kappa shape index (κ1) is 13.6. The van der Waals surface area contributed by atoms with Gasteiger partial charge in [0.05, 0.1) is 15.6 Å². The third-order valence-corrected chi connectivity index (χ3v) is 4.04. The summed E-state index contributed by atoms with van der Waals surface area (Å²) in [6.07, 6.45) is 2.85. The maximum Gasteiger partial charge on any atom is 0.148 e. The van der Waals surface area contributed by atoms with E-state index in [9.17, 15) is 0 Å². The summed E-state index contributed by atoms with van der Waals surface area (Å²) in [5.74, 6) is 0.801. The van der Waals surface area contributed by atoms with Crippen LogP contribution in [-0.2, 0) is 4.74 Å². The van der Waals surface area contributed by atoms with Crippen molar-refractivity contribution in [2.45, 2.75) is 18.6 Å². The van der Waals surface area contributed by atoms with Crippen LogP contribution < -0.4 is 4.74 Å². The zero-order valence-corrected chi connectivity index (χ0v) is 13.7. The van der Waals surface area contributed by atoms with Crippen molar-refractivity contribution in [3.05, 3.63) is 38.2 Å². The van der Waals surface area contributed by atoms with Crippen LogP contribution in [0.2, 0.25) is 0 Å². The van der Waals surface area contributed by atoms with Crippen LogP contribution in [0.15, 0.2) is 38.2 Å². The lowest BCUT2D eigenvalue weighted by Crippen LogP contribution is -2.22. The van der Waals surface area contributed by atoms with Crippen molar-refractivity contribution in [1.82, 2.24) is 0 Å². The van der Waals surface area contributed by atoms with Gasteiger partial charge in [-0.05, 0) is 44.0 Å². The van der Waals surface area contributed by atoms with Gasteiger partial charge in [0.15, 0.2) is 0 Å². The lowest BCUT2D eigenvalue weighted by Gasteiger charge is -2.18. The quantitative estimate of drug-likeness (QED) is 0.503. The smallest absolute Gasteiger partial charge is 0.148 e. The van der Waals surface area contributed by atoms with Gasteiger partial charge in [-0.2, -0.15) is 0 Å². The minimum atomic E-state index is 0.0290. The van der Waals surface area contributed by atoms with E-state index >= 15 is 0 Å². The molecule has 2 unspecified atom stereocenters. The van der Waals surface area contributed by atoms with E-state index in [-0.39, 0.29) is 12.2 Å². The molecule has 1 aliphatic heterocycles. The van der Waals surface area contributed by atoms with Gasteiger partial charge in [-0.1, -0.05) is 22.0 Å². The van der Waals surface area contributed by atoms with Gasteiger partial charge in [-0.15, -0.1) is 6.58 Å². The number of rotatable bonds is 5. The lowest BCUT2D eigenvalue weighted by atomic mass is 10.2. The summed E-state index contributed by atoms with van der Waals surface area (Å²) in [5.41, 5.74) is 0. The van der Waals surface area contributed by atoms with Gasteiger partial charge in [0.1, 0.15) is 18.0 Å². The molecule has 2 rings (SSSR count). The minimum Gasteiger partial charge on any atom is -0.485 e. The molecule has 0 spiro atoms. The predicted octanol–water partition coefficient (Wildman–Crippen LogP) is 4.70. The van der Waals surface area contributed by atoms with Crippen molar-refractivity contribution < 1.29 is 9.47 Å². The highest BCUT2D eigenvalue weighted by atomic mass is 79.9. The Morgan fingerprint density at radius 1 is 1.41 bits per heavy atom. The van der Waals surface area contributed by atoms with Gasteiger partial charge in [0.25, 0.3) is 0 Å². The van der Waals surface area contributed by atoms with E-state index in [0.717, 1.165) is 32.2 Å². The fourth-order valence-corrected chi connectivity index (χ4v) is 3.95. The van der Waals surface area contributed by atoms with Gasteiger partial charge in [0, 0.05) is 10.9 Å². The molecule has 0 N–H and O–H groups in total. The number of epoxide rings is 1. The highest BCUT2D eigenvalue weighted by molar-refractivity contribution is 9.11. The predicted molar refractivity (Wildman–Crippen MR) is 78.5 cm³/mol. The van der Waals surface area contributed by atoms with E-state index in [0.29, 0.717) is 0 Å². The second-order valence-corrected chi connectivity index (χ2v) is 6.38. The Morgan fingerprint density at radius 3 is 2.47 bits per heavy atom. The zero-order chi connectivity index (χ0) is 12.4. The topological polar surface area (TPSA) is 21.8 Å². The summed E-state index contributed by atoms with van der Waals surface area (Å²) in [6.45, 7) is 4.51. The first-order valence-electron chi connectivity index (χ1n) is 5.15. The van der Waals surface area contributed by atoms with Crippen LogP contribution in [0, 0.1) is 0 Å². The van der Waals surface area contributed by atoms with Crippen LogP contribution in [-0.4, -0.2) is 18.8 Å². The number of hydrogen-bond donors (Lipinski definition) is 0. The van der Waals surface area contributed by atoms with Crippen LogP contribution >= 0.6 is 47.8 Å². The van der Waals surface area contributed by atoms with Gasteiger partial charge in [-0.25, -0.2) is 0 Å². The van der Waals surface area contributed by atoms with Gasteiger partial charge < -0.3 is 9.47 Å².